The van der Waals surface area contributed by atoms with Gasteiger partial charge in [0.15, 0.2) is 0 Å². The first-order valence-corrected chi connectivity index (χ1v) is 1.41. The zero-order valence-corrected chi connectivity index (χ0v) is 12.4. The first-order valence-electron chi connectivity index (χ1n) is 1.41. The second kappa shape index (κ2) is 10.9. The summed E-state index contributed by atoms with van der Waals surface area (Å²) in [5, 5.41) is 8.06. The third-order valence-corrected chi connectivity index (χ3v) is 0. The molecule has 0 aliphatic rings. The molecule has 0 aromatic carbocycles. The van der Waals surface area contributed by atoms with Gasteiger partial charge in [-0.15, -0.1) is 0 Å². The minimum absolute atomic E-state index is 0. The van der Waals surface area contributed by atoms with Crippen molar-refractivity contribution in [2.45, 2.75) is 20.0 Å². The van der Waals surface area contributed by atoms with E-state index in [1.807, 2.05) is 0 Å². The number of aliphatic hydroxyl groups is 1. The summed E-state index contributed by atoms with van der Waals surface area (Å²) in [4.78, 5) is 0. The molecule has 6 heavy (non-hydrogen) atoms. The molecule has 1 N–H and O–H groups in total. The number of hydrogen-bond donors (Lipinski definition) is 1. The van der Waals surface area contributed by atoms with E-state index in [2.05, 4.69) is 0 Å². The van der Waals surface area contributed by atoms with Gasteiger partial charge in [0.05, 0.1) is 0 Å². The second-order valence-corrected chi connectivity index (χ2v) is 1.09. The summed E-state index contributed by atoms with van der Waals surface area (Å²) in [5.41, 5.74) is 0. The summed E-state index contributed by atoms with van der Waals surface area (Å²) < 4.78 is 0. The largest absolute Gasteiger partial charge is 2.00 e. The van der Waals surface area contributed by atoms with E-state index >= 15 is 0 Å². The Kier molecular flexibility index (Phi) is 29.1. The van der Waals surface area contributed by atoms with Crippen molar-refractivity contribution in [2.75, 3.05) is 0 Å². The number of rotatable bonds is 0. The standard InChI is InChI=1S/C3H8O.Ba.Sr.4H/c1-3(2)4;;;;;;/h3-4H,1-2H3;;;;;;/q;2*+2;4*-1. The van der Waals surface area contributed by atoms with Gasteiger partial charge in [-0.3, -0.25) is 0 Å². The molecule has 34 valence electrons. The van der Waals surface area contributed by atoms with Crippen LogP contribution in [0.4, 0.5) is 0 Å². The van der Waals surface area contributed by atoms with Gasteiger partial charge in [-0.25, -0.2) is 0 Å². The minimum Gasteiger partial charge on any atom is -1.00 e. The normalized spacial score (nSPS) is 6.00. The van der Waals surface area contributed by atoms with E-state index in [1.165, 1.54) is 0 Å². The van der Waals surface area contributed by atoms with Gasteiger partial charge in [0.25, 0.3) is 0 Å². The van der Waals surface area contributed by atoms with Crippen LogP contribution in [0.25, 0.3) is 0 Å². The molecule has 0 aromatic rings. The molecule has 0 saturated heterocycles. The molecular weight excluding hydrogens is 277 g/mol. The Labute approximate surface area is 122 Å². The van der Waals surface area contributed by atoms with E-state index < -0.39 is 0 Å². The second-order valence-electron chi connectivity index (χ2n) is 1.09. The molecule has 0 atom stereocenters. The smallest absolute Gasteiger partial charge is 1.00 e. The van der Waals surface area contributed by atoms with Crippen LogP contribution in [0.5, 0.6) is 0 Å². The van der Waals surface area contributed by atoms with Gasteiger partial charge in [0.1, 0.15) is 0 Å². The third-order valence-electron chi connectivity index (χ3n) is 0. The first-order chi connectivity index (χ1) is 1.73. The fourth-order valence-electron chi connectivity index (χ4n) is 0. The van der Waals surface area contributed by atoms with E-state index in [-0.39, 0.29) is 106 Å². The molecule has 0 fully saturated rings. The van der Waals surface area contributed by atoms with Crippen molar-refractivity contribution in [3.63, 3.8) is 0 Å². The molecule has 0 aliphatic heterocycles. The van der Waals surface area contributed by atoms with Crippen LogP contribution in [0.2, 0.25) is 0 Å². The van der Waals surface area contributed by atoms with Crippen LogP contribution in [-0.2, 0) is 0 Å². The van der Waals surface area contributed by atoms with Gasteiger partial charge in [0.2, 0.25) is 0 Å². The van der Waals surface area contributed by atoms with Crippen LogP contribution in [0, 0.1) is 0 Å². The van der Waals surface area contributed by atoms with Crippen LogP contribution in [0.15, 0.2) is 0 Å². The van der Waals surface area contributed by atoms with E-state index in [4.69, 9.17) is 5.11 Å². The van der Waals surface area contributed by atoms with Crippen molar-refractivity contribution in [1.29, 1.82) is 0 Å². The molecule has 0 spiro atoms. The molecule has 0 unspecified atom stereocenters. The summed E-state index contributed by atoms with van der Waals surface area (Å²) in [5.74, 6) is 0. The van der Waals surface area contributed by atoms with Crippen molar-refractivity contribution < 1.29 is 10.8 Å². The van der Waals surface area contributed by atoms with E-state index in [9.17, 15) is 0 Å². The predicted octanol–water partition coefficient (Wildman–Crippen LogP) is 0.0755. The Hall–Kier alpha value is 3.01. The van der Waals surface area contributed by atoms with E-state index in [1.54, 1.807) is 13.8 Å². The first kappa shape index (κ1) is 16.0. The summed E-state index contributed by atoms with van der Waals surface area (Å²) in [6, 6.07) is 0. The van der Waals surface area contributed by atoms with Crippen LogP contribution in [-0.4, -0.2) is 106 Å². The van der Waals surface area contributed by atoms with E-state index in [0.717, 1.165) is 0 Å². The Bertz CT molecular complexity index is 25.2. The van der Waals surface area contributed by atoms with Crippen molar-refractivity contribution in [3.8, 4) is 0 Å². The number of aliphatic hydroxyl groups excluding tert-OH is 1. The fraction of sp³-hybridized carbons (Fsp3) is 1.00. The third kappa shape index (κ3) is 27.9. The van der Waals surface area contributed by atoms with Crippen molar-refractivity contribution in [3.05, 3.63) is 0 Å². The Morgan fingerprint density at radius 3 is 1.50 bits per heavy atom. The van der Waals surface area contributed by atoms with Gasteiger partial charge in [0, 0.05) is 6.10 Å². The molecule has 0 amide bonds. The van der Waals surface area contributed by atoms with Crippen molar-refractivity contribution >= 4 is 94.4 Å². The summed E-state index contributed by atoms with van der Waals surface area (Å²) in [6.45, 7) is 3.44. The molecule has 0 aliphatic carbocycles. The van der Waals surface area contributed by atoms with Crippen molar-refractivity contribution in [2.24, 2.45) is 0 Å². The van der Waals surface area contributed by atoms with Crippen LogP contribution in [0.1, 0.15) is 19.6 Å². The zero-order chi connectivity index (χ0) is 3.58. The molecule has 1 nitrogen and oxygen atoms in total. The maximum Gasteiger partial charge on any atom is 2.00 e. The van der Waals surface area contributed by atoms with Gasteiger partial charge in [-0.1, -0.05) is 0 Å². The predicted molar refractivity (Wildman–Crippen MR) is 33.3 cm³/mol. The van der Waals surface area contributed by atoms with Crippen LogP contribution in [0.3, 0.4) is 0 Å². The SMILES string of the molecule is CC(C)O.[Ba+2].[H-].[H-].[H-].[H-].[Sr+2]. The van der Waals surface area contributed by atoms with Gasteiger partial charge in [-0.05, 0) is 13.8 Å². The minimum atomic E-state index is -0.167. The Morgan fingerprint density at radius 1 is 1.50 bits per heavy atom. The summed E-state index contributed by atoms with van der Waals surface area (Å²) in [6.07, 6.45) is -0.167. The average Bonchev–Trinajstić information content (AvgIpc) is 0.811. The zero-order valence-electron chi connectivity index (χ0n) is 8.44. The summed E-state index contributed by atoms with van der Waals surface area (Å²) >= 11 is 0. The molecular formula is C3H12BaOSr. The van der Waals surface area contributed by atoms with Crippen molar-refractivity contribution in [1.82, 2.24) is 0 Å². The topological polar surface area (TPSA) is 20.2 Å². The Balaban J connectivity index is -0.00000000300. The molecule has 0 radical (unpaired) electrons. The van der Waals surface area contributed by atoms with Gasteiger partial charge < -0.3 is 10.8 Å². The molecule has 0 saturated carbocycles. The molecule has 0 heterocycles. The Morgan fingerprint density at radius 2 is 1.50 bits per heavy atom. The van der Waals surface area contributed by atoms with Gasteiger partial charge >= 0.3 is 94.4 Å². The molecule has 0 rings (SSSR count). The average molecular weight is 289 g/mol. The molecule has 0 bridgehead atoms. The monoisotopic (exact) mass is 290 g/mol. The molecule has 3 heteroatoms. The quantitative estimate of drug-likeness (QED) is 0.626. The molecule has 0 aromatic heterocycles. The van der Waals surface area contributed by atoms with Crippen LogP contribution >= 0.6 is 0 Å². The maximum atomic E-state index is 8.06. The van der Waals surface area contributed by atoms with E-state index in [0.29, 0.717) is 0 Å². The van der Waals surface area contributed by atoms with Crippen LogP contribution < -0.4 is 0 Å². The number of hydrogen-bond acceptors (Lipinski definition) is 1. The summed E-state index contributed by atoms with van der Waals surface area (Å²) in [7, 11) is 0. The van der Waals surface area contributed by atoms with Gasteiger partial charge in [-0.2, -0.15) is 0 Å². The maximum absolute atomic E-state index is 8.06. The fourth-order valence-corrected chi connectivity index (χ4v) is 0.